The topological polar surface area (TPSA) is 41.0 Å². The molecule has 5 heteroatoms. The molecule has 0 bridgehead atoms. The van der Waals surface area contributed by atoms with Crippen molar-refractivity contribution in [1.82, 2.24) is 15.3 Å². The van der Waals surface area contributed by atoms with Crippen LogP contribution in [0.15, 0.2) is 23.7 Å². The Kier molecular flexibility index (Phi) is 5.49. The van der Waals surface area contributed by atoms with Crippen LogP contribution in [0.5, 0.6) is 0 Å². The molecule has 0 saturated heterocycles. The first kappa shape index (κ1) is 14.9. The van der Waals surface area contributed by atoms with E-state index in [0.29, 0.717) is 0 Å². The molecule has 0 saturated carbocycles. The van der Waals surface area contributed by atoms with Crippen LogP contribution in [-0.4, -0.2) is 23.6 Å². The molecule has 0 aliphatic rings. The van der Waals surface area contributed by atoms with E-state index >= 15 is 0 Å². The number of aromatic nitrogens is 2. The van der Waals surface area contributed by atoms with Crippen LogP contribution < -0.4 is 10.2 Å². The molecule has 0 unspecified atom stereocenters. The summed E-state index contributed by atoms with van der Waals surface area (Å²) in [7, 11) is 2.09. The third-order valence-electron chi connectivity index (χ3n) is 3.04. The fourth-order valence-corrected chi connectivity index (χ4v) is 2.61. The molecule has 0 spiro atoms. The van der Waals surface area contributed by atoms with Gasteiger partial charge in [0.05, 0.1) is 22.9 Å². The van der Waals surface area contributed by atoms with Crippen LogP contribution in [0.25, 0.3) is 0 Å². The van der Waals surface area contributed by atoms with Crippen molar-refractivity contribution in [2.45, 2.75) is 33.4 Å². The smallest absolute Gasteiger partial charge is 0.0898 e. The van der Waals surface area contributed by atoms with Crippen LogP contribution in [0.4, 0.5) is 5.69 Å². The van der Waals surface area contributed by atoms with Gasteiger partial charge in [-0.05, 0) is 32.0 Å². The summed E-state index contributed by atoms with van der Waals surface area (Å²) < 4.78 is 0. The van der Waals surface area contributed by atoms with Gasteiger partial charge in [0.15, 0.2) is 0 Å². The second kappa shape index (κ2) is 7.36. The van der Waals surface area contributed by atoms with E-state index in [1.54, 1.807) is 11.3 Å². The van der Waals surface area contributed by atoms with Gasteiger partial charge in [0.2, 0.25) is 0 Å². The lowest BCUT2D eigenvalue weighted by atomic mass is 10.2. The number of nitrogens with zero attached hydrogens (tertiary/aromatic N) is 3. The fourth-order valence-electron chi connectivity index (χ4n) is 2.01. The van der Waals surface area contributed by atoms with Crippen molar-refractivity contribution in [1.29, 1.82) is 0 Å². The van der Waals surface area contributed by atoms with E-state index in [2.05, 4.69) is 45.6 Å². The zero-order valence-electron chi connectivity index (χ0n) is 12.4. The summed E-state index contributed by atoms with van der Waals surface area (Å²) in [5.74, 6) is 0. The predicted molar refractivity (Wildman–Crippen MR) is 85.2 cm³/mol. The molecular formula is C15H22N4S. The Morgan fingerprint density at radius 2 is 2.20 bits per heavy atom. The summed E-state index contributed by atoms with van der Waals surface area (Å²) >= 11 is 1.70. The van der Waals surface area contributed by atoms with Crippen LogP contribution in [0, 0.1) is 6.92 Å². The van der Waals surface area contributed by atoms with Crippen molar-refractivity contribution in [3.63, 3.8) is 0 Å². The first-order valence-electron chi connectivity index (χ1n) is 6.97. The first-order valence-corrected chi connectivity index (χ1v) is 7.84. The first-order chi connectivity index (χ1) is 9.69. The molecule has 1 N–H and O–H groups in total. The van der Waals surface area contributed by atoms with Crippen molar-refractivity contribution in [2.75, 3.05) is 18.5 Å². The van der Waals surface area contributed by atoms with Gasteiger partial charge < -0.3 is 10.2 Å². The van der Waals surface area contributed by atoms with E-state index in [-0.39, 0.29) is 0 Å². The molecule has 2 aromatic rings. The van der Waals surface area contributed by atoms with Crippen LogP contribution in [0.1, 0.15) is 29.7 Å². The number of rotatable bonds is 7. The Balaban J connectivity index is 1.98. The van der Waals surface area contributed by atoms with Crippen molar-refractivity contribution in [3.8, 4) is 0 Å². The lowest BCUT2D eigenvalue weighted by Gasteiger charge is -2.18. The highest BCUT2D eigenvalue weighted by Gasteiger charge is 2.06. The predicted octanol–water partition coefficient (Wildman–Crippen LogP) is 2.98. The normalized spacial score (nSPS) is 10.8. The summed E-state index contributed by atoms with van der Waals surface area (Å²) in [6.45, 7) is 6.89. The van der Waals surface area contributed by atoms with Crippen LogP contribution in [0.2, 0.25) is 0 Å². The van der Waals surface area contributed by atoms with Gasteiger partial charge in [-0.1, -0.05) is 6.92 Å². The fraction of sp³-hybridized carbons (Fsp3) is 0.467. The molecule has 2 heterocycles. The third-order valence-corrected chi connectivity index (χ3v) is 3.86. The Hall–Kier alpha value is -1.46. The molecule has 0 atom stereocenters. The van der Waals surface area contributed by atoms with Crippen molar-refractivity contribution in [2.24, 2.45) is 0 Å². The van der Waals surface area contributed by atoms with Crippen LogP contribution in [-0.2, 0) is 13.1 Å². The van der Waals surface area contributed by atoms with Gasteiger partial charge >= 0.3 is 0 Å². The van der Waals surface area contributed by atoms with E-state index in [0.717, 1.165) is 42.5 Å². The second-order valence-corrected chi connectivity index (χ2v) is 5.96. The Morgan fingerprint density at radius 3 is 2.90 bits per heavy atom. The van der Waals surface area contributed by atoms with E-state index in [4.69, 9.17) is 0 Å². The van der Waals surface area contributed by atoms with Crippen molar-refractivity contribution >= 4 is 17.0 Å². The molecule has 2 rings (SSSR count). The van der Waals surface area contributed by atoms with Gasteiger partial charge in [-0.3, -0.25) is 4.98 Å². The average Bonchev–Trinajstić information content (AvgIpc) is 2.85. The van der Waals surface area contributed by atoms with Gasteiger partial charge in [-0.25, -0.2) is 4.98 Å². The Bertz CT molecular complexity index is 538. The lowest BCUT2D eigenvalue weighted by molar-refractivity contribution is 0.664. The maximum atomic E-state index is 4.51. The third kappa shape index (κ3) is 4.28. The van der Waals surface area contributed by atoms with Gasteiger partial charge in [-0.2, -0.15) is 0 Å². The maximum Gasteiger partial charge on any atom is 0.0898 e. The number of hydrogen-bond acceptors (Lipinski definition) is 5. The summed E-state index contributed by atoms with van der Waals surface area (Å²) in [5, 5.41) is 6.62. The van der Waals surface area contributed by atoms with Crippen LogP contribution >= 0.6 is 11.3 Å². The average molecular weight is 290 g/mol. The minimum Gasteiger partial charge on any atom is -0.369 e. The number of thiazole rings is 1. The van der Waals surface area contributed by atoms with E-state index < -0.39 is 0 Å². The monoisotopic (exact) mass is 290 g/mol. The lowest BCUT2D eigenvalue weighted by Crippen LogP contribution is -2.18. The van der Waals surface area contributed by atoms with Gasteiger partial charge in [0.1, 0.15) is 0 Å². The number of pyridine rings is 1. The molecule has 0 fully saturated rings. The standard InChI is InChI=1S/C15H22N4S/c1-4-6-16-9-13-8-15(5-7-17-13)19(3)10-14-11-20-12(2)18-14/h5,7-8,11,16H,4,6,9-10H2,1-3H3. The quantitative estimate of drug-likeness (QED) is 0.796. The maximum absolute atomic E-state index is 4.51. The summed E-state index contributed by atoms with van der Waals surface area (Å²) in [6.07, 6.45) is 3.02. The van der Waals surface area contributed by atoms with E-state index in [9.17, 15) is 0 Å². The Labute approximate surface area is 124 Å². The minimum absolute atomic E-state index is 0.825. The summed E-state index contributed by atoms with van der Waals surface area (Å²) in [5.41, 5.74) is 3.38. The van der Waals surface area contributed by atoms with Crippen molar-refractivity contribution in [3.05, 3.63) is 40.1 Å². The van der Waals surface area contributed by atoms with Crippen LogP contribution in [0.3, 0.4) is 0 Å². The number of anilines is 1. The zero-order chi connectivity index (χ0) is 14.4. The molecule has 0 aromatic carbocycles. The summed E-state index contributed by atoms with van der Waals surface area (Å²) in [4.78, 5) is 11.1. The zero-order valence-corrected chi connectivity index (χ0v) is 13.2. The molecule has 20 heavy (non-hydrogen) atoms. The highest BCUT2D eigenvalue weighted by molar-refractivity contribution is 7.09. The van der Waals surface area contributed by atoms with Crippen molar-refractivity contribution < 1.29 is 0 Å². The van der Waals surface area contributed by atoms with Gasteiger partial charge in [0, 0.05) is 30.9 Å². The molecule has 0 radical (unpaired) electrons. The molecule has 0 amide bonds. The van der Waals surface area contributed by atoms with E-state index in [1.807, 2.05) is 19.2 Å². The van der Waals surface area contributed by atoms with E-state index in [1.165, 1.54) is 5.69 Å². The second-order valence-electron chi connectivity index (χ2n) is 4.90. The highest BCUT2D eigenvalue weighted by atomic mass is 32.1. The molecular weight excluding hydrogens is 268 g/mol. The number of nitrogens with one attached hydrogen (secondary N) is 1. The molecule has 2 aromatic heterocycles. The largest absolute Gasteiger partial charge is 0.369 e. The number of hydrogen-bond donors (Lipinski definition) is 1. The summed E-state index contributed by atoms with van der Waals surface area (Å²) in [6, 6.07) is 4.18. The van der Waals surface area contributed by atoms with Gasteiger partial charge in [-0.15, -0.1) is 11.3 Å². The SMILES string of the molecule is CCCNCc1cc(N(C)Cc2csc(C)n2)ccn1. The highest BCUT2D eigenvalue weighted by Crippen LogP contribution is 2.17. The number of aryl methyl sites for hydroxylation is 1. The molecule has 108 valence electrons. The van der Waals surface area contributed by atoms with Gasteiger partial charge in [0.25, 0.3) is 0 Å². The molecule has 0 aliphatic carbocycles. The minimum atomic E-state index is 0.825. The Morgan fingerprint density at radius 1 is 1.35 bits per heavy atom. The molecule has 0 aliphatic heterocycles. The molecule has 4 nitrogen and oxygen atoms in total.